The highest BCUT2D eigenvalue weighted by Gasteiger charge is 2.14. The number of primary amides is 1. The summed E-state index contributed by atoms with van der Waals surface area (Å²) in [6.45, 7) is 0. The Hall–Kier alpha value is -3.87. The zero-order valence-corrected chi connectivity index (χ0v) is 13.7. The van der Waals surface area contributed by atoms with Gasteiger partial charge in [-0.1, -0.05) is 12.1 Å². The van der Waals surface area contributed by atoms with Crippen LogP contribution in [0.5, 0.6) is 0 Å². The molecule has 4 aromatic rings. The number of carbonyl (C=O) groups is 1. The summed E-state index contributed by atoms with van der Waals surface area (Å²) in [6, 6.07) is 14.7. The normalized spacial score (nSPS) is 10.9. The van der Waals surface area contributed by atoms with E-state index in [0.717, 1.165) is 33.2 Å². The van der Waals surface area contributed by atoms with Crippen LogP contribution in [-0.2, 0) is 0 Å². The molecule has 2 aromatic heterocycles. The van der Waals surface area contributed by atoms with E-state index in [0.29, 0.717) is 17.2 Å². The van der Waals surface area contributed by atoms with Gasteiger partial charge in [0.1, 0.15) is 5.82 Å². The van der Waals surface area contributed by atoms with Gasteiger partial charge in [-0.2, -0.15) is 5.10 Å². The second-order valence-electron chi connectivity index (χ2n) is 5.97. The molecule has 0 aliphatic rings. The second-order valence-corrected chi connectivity index (χ2v) is 5.97. The number of nitrogens with one attached hydrogen (secondary N) is 1. The molecular formula is C19H16N6O. The molecule has 0 saturated carbocycles. The van der Waals surface area contributed by atoms with Gasteiger partial charge in [-0.15, -0.1) is 0 Å². The van der Waals surface area contributed by atoms with Crippen molar-refractivity contribution in [2.45, 2.75) is 0 Å². The molecule has 128 valence electrons. The molecule has 0 aliphatic heterocycles. The van der Waals surface area contributed by atoms with Crippen molar-refractivity contribution >= 4 is 28.4 Å². The van der Waals surface area contributed by atoms with Crippen LogP contribution in [0.25, 0.3) is 33.2 Å². The minimum absolute atomic E-state index is 0.399. The van der Waals surface area contributed by atoms with Crippen molar-refractivity contribution in [3.05, 3.63) is 60.3 Å². The maximum Gasteiger partial charge on any atom is 0.248 e. The van der Waals surface area contributed by atoms with Crippen molar-refractivity contribution in [3.63, 3.8) is 0 Å². The number of anilines is 2. The van der Waals surface area contributed by atoms with Crippen LogP contribution in [0.1, 0.15) is 10.4 Å². The average Bonchev–Trinajstić information content (AvgIpc) is 3.02. The number of amides is 1. The number of aromatic amines is 1. The van der Waals surface area contributed by atoms with Gasteiger partial charge in [-0.3, -0.25) is 9.89 Å². The van der Waals surface area contributed by atoms with Crippen LogP contribution >= 0.6 is 0 Å². The van der Waals surface area contributed by atoms with E-state index in [-0.39, 0.29) is 0 Å². The number of benzene rings is 2. The fraction of sp³-hybridized carbons (Fsp3) is 0. The van der Waals surface area contributed by atoms with E-state index in [9.17, 15) is 4.79 Å². The number of H-pyrrole nitrogens is 1. The van der Waals surface area contributed by atoms with E-state index in [4.69, 9.17) is 17.2 Å². The molecule has 0 atom stereocenters. The summed E-state index contributed by atoms with van der Waals surface area (Å²) < 4.78 is 0. The third-order valence-corrected chi connectivity index (χ3v) is 4.27. The fourth-order valence-corrected chi connectivity index (χ4v) is 3.00. The lowest BCUT2D eigenvalue weighted by atomic mass is 9.95. The molecule has 0 radical (unpaired) electrons. The van der Waals surface area contributed by atoms with Crippen LogP contribution in [0.15, 0.2) is 54.7 Å². The quantitative estimate of drug-likeness (QED) is 0.452. The van der Waals surface area contributed by atoms with Gasteiger partial charge in [0.05, 0.1) is 5.52 Å². The average molecular weight is 344 g/mol. The number of hydrogen-bond donors (Lipinski definition) is 4. The molecule has 7 N–H and O–H groups in total. The number of aromatic nitrogens is 3. The van der Waals surface area contributed by atoms with Gasteiger partial charge in [-0.25, -0.2) is 4.98 Å². The monoisotopic (exact) mass is 344 g/mol. The zero-order valence-electron chi connectivity index (χ0n) is 13.7. The smallest absolute Gasteiger partial charge is 0.248 e. The first-order chi connectivity index (χ1) is 12.5. The molecule has 0 fully saturated rings. The van der Waals surface area contributed by atoms with Crippen molar-refractivity contribution in [2.24, 2.45) is 5.73 Å². The summed E-state index contributed by atoms with van der Waals surface area (Å²) in [6.07, 6.45) is 1.65. The molecule has 0 saturated heterocycles. The fourth-order valence-electron chi connectivity index (χ4n) is 3.00. The lowest BCUT2D eigenvalue weighted by Crippen LogP contribution is -2.10. The van der Waals surface area contributed by atoms with Crippen molar-refractivity contribution < 1.29 is 4.79 Å². The highest BCUT2D eigenvalue weighted by atomic mass is 16.1. The van der Waals surface area contributed by atoms with Crippen LogP contribution in [0, 0.1) is 0 Å². The Bertz CT molecular complexity index is 1150. The number of hydrogen-bond acceptors (Lipinski definition) is 5. The van der Waals surface area contributed by atoms with Crippen LogP contribution in [0.2, 0.25) is 0 Å². The molecule has 2 aromatic carbocycles. The van der Waals surface area contributed by atoms with E-state index in [1.54, 1.807) is 30.5 Å². The van der Waals surface area contributed by atoms with Crippen molar-refractivity contribution in [3.8, 4) is 22.3 Å². The number of pyridine rings is 1. The lowest BCUT2D eigenvalue weighted by molar-refractivity contribution is 0.100. The van der Waals surface area contributed by atoms with E-state index >= 15 is 0 Å². The molecular weight excluding hydrogens is 328 g/mol. The second kappa shape index (κ2) is 5.89. The highest BCUT2D eigenvalue weighted by Crippen LogP contribution is 2.35. The summed E-state index contributed by atoms with van der Waals surface area (Å²) in [7, 11) is 0. The largest absolute Gasteiger partial charge is 0.384 e. The van der Waals surface area contributed by atoms with E-state index < -0.39 is 5.91 Å². The number of carbonyl (C=O) groups excluding carboxylic acids is 1. The topological polar surface area (TPSA) is 137 Å². The summed E-state index contributed by atoms with van der Waals surface area (Å²) in [4.78, 5) is 15.6. The molecule has 0 bridgehead atoms. The molecule has 0 unspecified atom stereocenters. The van der Waals surface area contributed by atoms with Gasteiger partial charge < -0.3 is 17.2 Å². The molecule has 7 nitrogen and oxygen atoms in total. The van der Waals surface area contributed by atoms with Gasteiger partial charge in [-0.05, 0) is 53.1 Å². The van der Waals surface area contributed by atoms with Gasteiger partial charge in [0.25, 0.3) is 0 Å². The Balaban J connectivity index is 1.99. The molecule has 0 aliphatic carbocycles. The van der Waals surface area contributed by atoms with E-state index in [2.05, 4.69) is 15.2 Å². The first-order valence-corrected chi connectivity index (χ1v) is 7.92. The minimum atomic E-state index is -0.481. The maximum absolute atomic E-state index is 11.5. The van der Waals surface area contributed by atoms with E-state index in [1.165, 1.54) is 0 Å². The van der Waals surface area contributed by atoms with Crippen molar-refractivity contribution in [1.29, 1.82) is 0 Å². The number of nitrogen functional groups attached to an aromatic ring is 2. The first kappa shape index (κ1) is 15.6. The summed E-state index contributed by atoms with van der Waals surface area (Å²) in [5.41, 5.74) is 22.0. The third-order valence-electron chi connectivity index (χ3n) is 4.27. The molecule has 4 rings (SSSR count). The molecule has 0 spiro atoms. The summed E-state index contributed by atoms with van der Waals surface area (Å²) >= 11 is 0. The molecule has 26 heavy (non-hydrogen) atoms. The Morgan fingerprint density at radius 2 is 1.81 bits per heavy atom. The molecule has 7 heteroatoms. The highest BCUT2D eigenvalue weighted by molar-refractivity contribution is 6.03. The number of nitrogens with zero attached hydrogens (tertiary/aromatic N) is 2. The maximum atomic E-state index is 11.5. The number of fused-ring (bicyclic) bond motifs is 1. The van der Waals surface area contributed by atoms with Crippen LogP contribution in [0.4, 0.5) is 11.6 Å². The van der Waals surface area contributed by atoms with Gasteiger partial charge in [0, 0.05) is 22.7 Å². The minimum Gasteiger partial charge on any atom is -0.384 e. The SMILES string of the molecule is NC(=O)c1cccc(-c2cc(-c3ccnc(N)c3)cc3c(N)n[nH]c23)c1. The van der Waals surface area contributed by atoms with Gasteiger partial charge in [0.15, 0.2) is 5.82 Å². The zero-order chi connectivity index (χ0) is 18.3. The number of nitrogens with two attached hydrogens (primary N) is 3. The Morgan fingerprint density at radius 1 is 0.962 bits per heavy atom. The van der Waals surface area contributed by atoms with Crippen LogP contribution in [0.3, 0.4) is 0 Å². The summed E-state index contributed by atoms with van der Waals surface area (Å²) in [5.74, 6) is 0.349. The standard InChI is InChI=1S/C19H16N6O/c20-16-9-10(4-5-23-16)13-7-14(17-15(8-13)18(21)25-24-17)11-2-1-3-12(6-11)19(22)26/h1-9H,(H2,20,23)(H2,22,26)(H3,21,24,25). The van der Waals surface area contributed by atoms with Crippen LogP contribution < -0.4 is 17.2 Å². The van der Waals surface area contributed by atoms with Crippen LogP contribution in [-0.4, -0.2) is 21.1 Å². The molecule has 2 heterocycles. The number of rotatable bonds is 3. The summed E-state index contributed by atoms with van der Waals surface area (Å²) in [5, 5.41) is 7.87. The van der Waals surface area contributed by atoms with E-state index in [1.807, 2.05) is 24.3 Å². The van der Waals surface area contributed by atoms with Crippen molar-refractivity contribution in [2.75, 3.05) is 11.5 Å². The predicted molar refractivity (Wildman–Crippen MR) is 102 cm³/mol. The first-order valence-electron chi connectivity index (χ1n) is 7.92. The lowest BCUT2D eigenvalue weighted by Gasteiger charge is -2.09. The van der Waals surface area contributed by atoms with Gasteiger partial charge in [0.2, 0.25) is 5.91 Å². The Labute approximate surface area is 148 Å². The third kappa shape index (κ3) is 2.61. The van der Waals surface area contributed by atoms with Crippen molar-refractivity contribution in [1.82, 2.24) is 15.2 Å². The Morgan fingerprint density at radius 3 is 2.58 bits per heavy atom. The Kier molecular flexibility index (Phi) is 3.54. The predicted octanol–water partition coefficient (Wildman–Crippen LogP) is 2.56. The van der Waals surface area contributed by atoms with Gasteiger partial charge >= 0.3 is 0 Å². The molecule has 1 amide bonds.